The van der Waals surface area contributed by atoms with Crippen LogP contribution in [0.2, 0.25) is 0 Å². The molecule has 2 N–H and O–H groups in total. The van der Waals surface area contributed by atoms with E-state index in [-0.39, 0.29) is 18.7 Å². The Morgan fingerprint density at radius 2 is 1.97 bits per heavy atom. The lowest BCUT2D eigenvalue weighted by Gasteiger charge is -2.34. The molecule has 1 aliphatic carbocycles. The van der Waals surface area contributed by atoms with Gasteiger partial charge in [0.25, 0.3) is 0 Å². The molecule has 9 nitrogen and oxygen atoms in total. The Morgan fingerprint density at radius 1 is 1.21 bits per heavy atom. The van der Waals surface area contributed by atoms with Crippen LogP contribution in [0.3, 0.4) is 0 Å². The number of hydrogen-bond acceptors (Lipinski definition) is 8. The van der Waals surface area contributed by atoms with Gasteiger partial charge in [0, 0.05) is 31.4 Å². The molecule has 160 valence electrons. The summed E-state index contributed by atoms with van der Waals surface area (Å²) in [6, 6.07) is 0.349. The fourth-order valence-corrected chi connectivity index (χ4v) is 3.11. The second-order valence-electron chi connectivity index (χ2n) is 8.50. The number of piperidine rings is 1. The van der Waals surface area contributed by atoms with Gasteiger partial charge in [-0.2, -0.15) is 4.98 Å². The standard InChI is InChI=1S/C20H31N5O4/c1-5-28-17(26)15-11-21-18(23-13-8-9-13)24-16(15)22-14-7-6-10-25(12-14)19(27)29-20(2,3)4/h11,13-14H,5-10,12H2,1-4H3,(H2,21,22,23,24). The van der Waals surface area contributed by atoms with Gasteiger partial charge in [-0.3, -0.25) is 0 Å². The molecule has 1 aliphatic heterocycles. The van der Waals surface area contributed by atoms with Crippen molar-refractivity contribution in [1.29, 1.82) is 0 Å². The molecule has 0 bridgehead atoms. The molecule has 2 aliphatic rings. The van der Waals surface area contributed by atoms with Gasteiger partial charge < -0.3 is 25.0 Å². The van der Waals surface area contributed by atoms with Crippen LogP contribution in [0, 0.1) is 0 Å². The molecule has 3 rings (SSSR count). The predicted octanol–water partition coefficient (Wildman–Crippen LogP) is 3.04. The molecule has 2 heterocycles. The molecule has 1 aromatic heterocycles. The number of carbonyl (C=O) groups is 2. The van der Waals surface area contributed by atoms with E-state index in [9.17, 15) is 9.59 Å². The minimum atomic E-state index is -0.537. The zero-order valence-corrected chi connectivity index (χ0v) is 17.7. The molecule has 1 saturated carbocycles. The first-order valence-corrected chi connectivity index (χ1v) is 10.3. The first kappa shape index (κ1) is 21.1. The van der Waals surface area contributed by atoms with Gasteiger partial charge in [-0.25, -0.2) is 14.6 Å². The second kappa shape index (κ2) is 8.84. The van der Waals surface area contributed by atoms with E-state index in [0.717, 1.165) is 25.7 Å². The van der Waals surface area contributed by atoms with Crippen molar-refractivity contribution in [3.05, 3.63) is 11.8 Å². The lowest BCUT2D eigenvalue weighted by atomic mass is 10.1. The number of hydrogen-bond donors (Lipinski definition) is 2. The SMILES string of the molecule is CCOC(=O)c1cnc(NC2CC2)nc1NC1CCCN(C(=O)OC(C)(C)C)C1. The van der Waals surface area contributed by atoms with Crippen LogP contribution in [0.5, 0.6) is 0 Å². The fourth-order valence-electron chi connectivity index (χ4n) is 3.11. The van der Waals surface area contributed by atoms with Crippen LogP contribution in [0.4, 0.5) is 16.6 Å². The third-order valence-electron chi connectivity index (χ3n) is 4.61. The molecule has 1 atom stereocenters. The molecule has 0 spiro atoms. The molecule has 1 saturated heterocycles. The third kappa shape index (κ3) is 6.20. The second-order valence-corrected chi connectivity index (χ2v) is 8.50. The Bertz CT molecular complexity index is 745. The summed E-state index contributed by atoms with van der Waals surface area (Å²) in [6.07, 6.45) is 5.06. The number of carbonyl (C=O) groups excluding carboxylic acids is 2. The molecule has 1 amide bonds. The number of likely N-dealkylation sites (tertiary alicyclic amines) is 1. The van der Waals surface area contributed by atoms with Crippen molar-refractivity contribution >= 4 is 23.8 Å². The molecule has 1 unspecified atom stereocenters. The van der Waals surface area contributed by atoms with E-state index >= 15 is 0 Å². The van der Waals surface area contributed by atoms with E-state index in [1.54, 1.807) is 11.8 Å². The predicted molar refractivity (Wildman–Crippen MR) is 109 cm³/mol. The minimum Gasteiger partial charge on any atom is -0.462 e. The van der Waals surface area contributed by atoms with Crippen LogP contribution in [-0.4, -0.2) is 64.3 Å². The average Bonchev–Trinajstić information content (AvgIpc) is 3.45. The number of esters is 1. The van der Waals surface area contributed by atoms with Crippen LogP contribution in [0.1, 0.15) is 63.7 Å². The summed E-state index contributed by atoms with van der Waals surface area (Å²) in [5.74, 6) is 0.452. The maximum absolute atomic E-state index is 12.4. The van der Waals surface area contributed by atoms with Gasteiger partial charge >= 0.3 is 12.1 Å². The van der Waals surface area contributed by atoms with Crippen LogP contribution < -0.4 is 10.6 Å². The number of ether oxygens (including phenoxy) is 2. The van der Waals surface area contributed by atoms with Gasteiger partial charge in [0.2, 0.25) is 5.95 Å². The monoisotopic (exact) mass is 405 g/mol. The molecule has 29 heavy (non-hydrogen) atoms. The summed E-state index contributed by atoms with van der Waals surface area (Å²) in [4.78, 5) is 35.2. The van der Waals surface area contributed by atoms with Crippen LogP contribution in [-0.2, 0) is 9.47 Å². The van der Waals surface area contributed by atoms with E-state index < -0.39 is 11.6 Å². The molecule has 0 aromatic carbocycles. The molecule has 2 fully saturated rings. The van der Waals surface area contributed by atoms with Crippen molar-refractivity contribution in [1.82, 2.24) is 14.9 Å². The van der Waals surface area contributed by atoms with E-state index in [2.05, 4.69) is 20.6 Å². The number of aromatic nitrogens is 2. The lowest BCUT2D eigenvalue weighted by molar-refractivity contribution is 0.0205. The number of amides is 1. The van der Waals surface area contributed by atoms with Crippen LogP contribution >= 0.6 is 0 Å². The maximum atomic E-state index is 12.4. The summed E-state index contributed by atoms with van der Waals surface area (Å²) in [7, 11) is 0. The topological polar surface area (TPSA) is 106 Å². The minimum absolute atomic E-state index is 0.0480. The summed E-state index contributed by atoms with van der Waals surface area (Å²) in [6.45, 7) is 8.72. The van der Waals surface area contributed by atoms with Crippen molar-refractivity contribution in [2.24, 2.45) is 0 Å². The number of nitrogens with one attached hydrogen (secondary N) is 2. The molecular formula is C20H31N5O4. The molecule has 9 heteroatoms. The highest BCUT2D eigenvalue weighted by Crippen LogP contribution is 2.25. The van der Waals surface area contributed by atoms with Gasteiger partial charge in [0.05, 0.1) is 6.61 Å². The first-order valence-electron chi connectivity index (χ1n) is 10.3. The molecule has 0 radical (unpaired) electrons. The fraction of sp³-hybridized carbons (Fsp3) is 0.700. The van der Waals surface area contributed by atoms with Crippen LogP contribution in [0.15, 0.2) is 6.20 Å². The highest BCUT2D eigenvalue weighted by molar-refractivity contribution is 5.94. The maximum Gasteiger partial charge on any atom is 0.410 e. The number of anilines is 2. The molecule has 1 aromatic rings. The highest BCUT2D eigenvalue weighted by atomic mass is 16.6. The van der Waals surface area contributed by atoms with Gasteiger partial charge in [0.15, 0.2) is 0 Å². The van der Waals surface area contributed by atoms with Crippen LogP contribution in [0.25, 0.3) is 0 Å². The summed E-state index contributed by atoms with van der Waals surface area (Å²) in [5.41, 5.74) is -0.243. The molecular weight excluding hydrogens is 374 g/mol. The Labute approximate surface area is 171 Å². The lowest BCUT2D eigenvalue weighted by Crippen LogP contribution is -2.47. The smallest absolute Gasteiger partial charge is 0.410 e. The van der Waals surface area contributed by atoms with Crippen molar-refractivity contribution in [2.45, 2.75) is 71.1 Å². The van der Waals surface area contributed by atoms with Gasteiger partial charge in [-0.05, 0) is 53.4 Å². The summed E-state index contributed by atoms with van der Waals surface area (Å²) in [5, 5.41) is 6.57. The van der Waals surface area contributed by atoms with Gasteiger partial charge in [-0.1, -0.05) is 0 Å². The zero-order chi connectivity index (χ0) is 21.0. The average molecular weight is 405 g/mol. The van der Waals surface area contributed by atoms with Crippen molar-refractivity contribution < 1.29 is 19.1 Å². The Kier molecular flexibility index (Phi) is 6.44. The number of nitrogens with zero attached hydrogens (tertiary/aromatic N) is 3. The third-order valence-corrected chi connectivity index (χ3v) is 4.61. The van der Waals surface area contributed by atoms with Crippen molar-refractivity contribution in [2.75, 3.05) is 30.3 Å². The Morgan fingerprint density at radius 3 is 2.62 bits per heavy atom. The van der Waals surface area contributed by atoms with E-state index in [0.29, 0.717) is 36.5 Å². The largest absolute Gasteiger partial charge is 0.462 e. The normalized spacial score (nSPS) is 19.4. The van der Waals surface area contributed by atoms with Gasteiger partial charge in [0.1, 0.15) is 17.0 Å². The van der Waals surface area contributed by atoms with Crippen molar-refractivity contribution in [3.63, 3.8) is 0 Å². The van der Waals surface area contributed by atoms with E-state index in [4.69, 9.17) is 9.47 Å². The first-order chi connectivity index (χ1) is 13.7. The van der Waals surface area contributed by atoms with Crippen molar-refractivity contribution in [3.8, 4) is 0 Å². The zero-order valence-electron chi connectivity index (χ0n) is 17.7. The van der Waals surface area contributed by atoms with E-state index in [1.807, 2.05) is 20.8 Å². The quantitative estimate of drug-likeness (QED) is 0.696. The Balaban J connectivity index is 1.72. The summed E-state index contributed by atoms with van der Waals surface area (Å²) < 4.78 is 10.6. The highest BCUT2D eigenvalue weighted by Gasteiger charge is 2.29. The number of rotatable bonds is 6. The van der Waals surface area contributed by atoms with Gasteiger partial charge in [-0.15, -0.1) is 0 Å². The van der Waals surface area contributed by atoms with E-state index in [1.165, 1.54) is 6.20 Å². The summed E-state index contributed by atoms with van der Waals surface area (Å²) >= 11 is 0. The Hall–Kier alpha value is -2.58.